The van der Waals surface area contributed by atoms with Gasteiger partial charge in [-0.15, -0.1) is 0 Å². The molecule has 4 nitrogen and oxygen atoms in total. The summed E-state index contributed by atoms with van der Waals surface area (Å²) in [5, 5.41) is 9.86. The van der Waals surface area contributed by atoms with Gasteiger partial charge in [0, 0.05) is 18.0 Å². The first-order chi connectivity index (χ1) is 18.7. The van der Waals surface area contributed by atoms with Gasteiger partial charge in [0.15, 0.2) is 5.82 Å². The van der Waals surface area contributed by atoms with Crippen molar-refractivity contribution < 1.29 is 4.74 Å². The highest BCUT2D eigenvalue weighted by molar-refractivity contribution is 5.55. The summed E-state index contributed by atoms with van der Waals surface area (Å²) in [4.78, 5) is 9.23. The Bertz CT molecular complexity index is 924. The molecule has 1 saturated carbocycles. The number of nitriles is 1. The first kappa shape index (κ1) is 30.1. The summed E-state index contributed by atoms with van der Waals surface area (Å²) in [6, 6.07) is 10.9. The number of ether oxygens (including phenoxy) is 1. The second kappa shape index (κ2) is 17.2. The minimum Gasteiger partial charge on any atom is -0.493 e. The Morgan fingerprint density at radius 2 is 1.39 bits per heavy atom. The largest absolute Gasteiger partial charge is 0.493 e. The molecule has 0 amide bonds. The van der Waals surface area contributed by atoms with Gasteiger partial charge in [0.1, 0.15) is 5.75 Å². The Morgan fingerprint density at radius 3 is 2.00 bits per heavy atom. The zero-order valence-corrected chi connectivity index (χ0v) is 24.2. The maximum absolute atomic E-state index is 9.86. The third kappa shape index (κ3) is 10.4. The van der Waals surface area contributed by atoms with Crippen LogP contribution in [0.4, 0.5) is 0 Å². The standard InChI is InChI=1S/C34H51N3O/c1-3-5-7-9-10-11-13-15-30-25-36-33(37-26-30)31-16-18-32(19-17-31)38-27-29-20-23-34(28-35,24-21-29)22-14-12-8-6-4-2/h16-19,25-26,29H,3-15,20-24,27H2,1-2H3/t29-,34-. The topological polar surface area (TPSA) is 58.8 Å². The van der Waals surface area contributed by atoms with Gasteiger partial charge < -0.3 is 4.74 Å². The predicted octanol–water partition coefficient (Wildman–Crippen LogP) is 9.88. The van der Waals surface area contributed by atoms with Crippen molar-refractivity contribution in [2.75, 3.05) is 6.61 Å². The van der Waals surface area contributed by atoms with E-state index in [1.807, 2.05) is 24.5 Å². The number of nitrogens with zero attached hydrogens (tertiary/aromatic N) is 3. The quantitative estimate of drug-likeness (QED) is 0.185. The molecule has 0 saturated heterocycles. The number of hydrogen-bond acceptors (Lipinski definition) is 4. The van der Waals surface area contributed by atoms with Gasteiger partial charge in [-0.05, 0) is 80.7 Å². The van der Waals surface area contributed by atoms with Gasteiger partial charge in [0.05, 0.1) is 18.1 Å². The average molecular weight is 518 g/mol. The number of rotatable bonds is 18. The van der Waals surface area contributed by atoms with Crippen molar-refractivity contribution in [2.24, 2.45) is 11.3 Å². The summed E-state index contributed by atoms with van der Waals surface area (Å²) >= 11 is 0. The van der Waals surface area contributed by atoms with Crippen LogP contribution in [0.2, 0.25) is 0 Å². The fourth-order valence-corrected chi connectivity index (χ4v) is 5.71. The number of aromatic nitrogens is 2. The minimum absolute atomic E-state index is 0.0891. The van der Waals surface area contributed by atoms with Crippen LogP contribution in [0.15, 0.2) is 36.7 Å². The normalized spacial score (nSPS) is 19.2. The Morgan fingerprint density at radius 1 is 0.816 bits per heavy atom. The minimum atomic E-state index is -0.0891. The molecule has 38 heavy (non-hydrogen) atoms. The zero-order chi connectivity index (χ0) is 26.9. The second-order valence-corrected chi connectivity index (χ2v) is 11.6. The first-order valence-electron chi connectivity index (χ1n) is 15.6. The van der Waals surface area contributed by atoms with Gasteiger partial charge in [-0.1, -0.05) is 84.5 Å². The molecular weight excluding hydrogens is 466 g/mol. The predicted molar refractivity (Wildman–Crippen MR) is 158 cm³/mol. The summed E-state index contributed by atoms with van der Waals surface area (Å²) in [5.41, 5.74) is 2.16. The van der Waals surface area contributed by atoms with E-state index in [1.54, 1.807) is 0 Å². The van der Waals surface area contributed by atoms with E-state index in [0.717, 1.165) is 62.3 Å². The lowest BCUT2D eigenvalue weighted by Gasteiger charge is -2.35. The summed E-state index contributed by atoms with van der Waals surface area (Å²) < 4.78 is 6.14. The van der Waals surface area contributed by atoms with E-state index in [9.17, 15) is 5.26 Å². The maximum atomic E-state index is 9.86. The third-order valence-corrected chi connectivity index (χ3v) is 8.43. The summed E-state index contributed by atoms with van der Waals surface area (Å²) in [6.45, 7) is 5.25. The highest BCUT2D eigenvalue weighted by Gasteiger charge is 2.35. The van der Waals surface area contributed by atoms with Crippen molar-refractivity contribution >= 4 is 0 Å². The van der Waals surface area contributed by atoms with Crippen LogP contribution >= 0.6 is 0 Å². The van der Waals surface area contributed by atoms with Crippen LogP contribution in [-0.4, -0.2) is 16.6 Å². The molecule has 0 aliphatic heterocycles. The molecule has 0 atom stereocenters. The van der Waals surface area contributed by atoms with E-state index in [-0.39, 0.29) is 5.41 Å². The molecule has 1 aromatic carbocycles. The highest BCUT2D eigenvalue weighted by atomic mass is 16.5. The van der Waals surface area contributed by atoms with E-state index in [4.69, 9.17) is 4.74 Å². The van der Waals surface area contributed by atoms with Crippen LogP contribution in [0.5, 0.6) is 5.75 Å². The molecule has 0 bridgehead atoms. The van der Waals surface area contributed by atoms with E-state index in [0.29, 0.717) is 5.92 Å². The summed E-state index contributed by atoms with van der Waals surface area (Å²) in [7, 11) is 0. The molecule has 1 aromatic heterocycles. The molecule has 1 aliphatic rings. The van der Waals surface area contributed by atoms with Gasteiger partial charge in [0.2, 0.25) is 0 Å². The molecule has 1 fully saturated rings. The lowest BCUT2D eigenvalue weighted by Crippen LogP contribution is -2.28. The van der Waals surface area contributed by atoms with Gasteiger partial charge in [-0.3, -0.25) is 0 Å². The fraction of sp³-hybridized carbons (Fsp3) is 0.676. The molecule has 1 aliphatic carbocycles. The second-order valence-electron chi connectivity index (χ2n) is 11.6. The number of benzene rings is 1. The number of aryl methyl sites for hydroxylation is 1. The molecule has 0 spiro atoms. The van der Waals surface area contributed by atoms with Crippen LogP contribution in [0.3, 0.4) is 0 Å². The van der Waals surface area contributed by atoms with Gasteiger partial charge in [0.25, 0.3) is 0 Å². The van der Waals surface area contributed by atoms with Crippen LogP contribution in [-0.2, 0) is 6.42 Å². The Labute approximate surface area is 232 Å². The number of hydrogen-bond donors (Lipinski definition) is 0. The summed E-state index contributed by atoms with van der Waals surface area (Å²) in [5.74, 6) is 2.22. The molecule has 0 unspecified atom stereocenters. The van der Waals surface area contributed by atoms with Crippen molar-refractivity contribution in [3.05, 3.63) is 42.2 Å². The van der Waals surface area contributed by atoms with Crippen LogP contribution in [0, 0.1) is 22.7 Å². The van der Waals surface area contributed by atoms with Crippen LogP contribution in [0.1, 0.15) is 129 Å². The smallest absolute Gasteiger partial charge is 0.159 e. The molecule has 4 heteroatoms. The van der Waals surface area contributed by atoms with Crippen molar-refractivity contribution in [2.45, 2.75) is 129 Å². The lowest BCUT2D eigenvalue weighted by molar-refractivity contribution is 0.144. The van der Waals surface area contributed by atoms with Gasteiger partial charge in [-0.2, -0.15) is 5.26 Å². The van der Waals surface area contributed by atoms with Crippen LogP contribution in [0.25, 0.3) is 11.4 Å². The van der Waals surface area contributed by atoms with E-state index < -0.39 is 0 Å². The SMILES string of the molecule is CCCCCCCCCc1cnc(-c2ccc(OC[C@H]3CC[C@@](C#N)(CCCCCCC)CC3)cc2)nc1. The Hall–Kier alpha value is -2.41. The van der Waals surface area contributed by atoms with Crippen molar-refractivity contribution in [1.82, 2.24) is 9.97 Å². The van der Waals surface area contributed by atoms with Crippen LogP contribution < -0.4 is 4.74 Å². The van der Waals surface area contributed by atoms with Gasteiger partial charge >= 0.3 is 0 Å². The molecule has 208 valence electrons. The monoisotopic (exact) mass is 517 g/mol. The Balaban J connectivity index is 1.36. The molecule has 2 aromatic rings. The summed E-state index contributed by atoms with van der Waals surface area (Å²) in [6.07, 6.45) is 26.0. The molecule has 1 heterocycles. The molecule has 0 N–H and O–H groups in total. The molecule has 0 radical (unpaired) electrons. The average Bonchev–Trinajstić information content (AvgIpc) is 2.97. The van der Waals surface area contributed by atoms with Crippen molar-refractivity contribution in [1.29, 1.82) is 5.26 Å². The van der Waals surface area contributed by atoms with E-state index in [1.165, 1.54) is 82.6 Å². The maximum Gasteiger partial charge on any atom is 0.159 e. The number of unbranched alkanes of at least 4 members (excludes halogenated alkanes) is 10. The Kier molecular flexibility index (Phi) is 13.7. The van der Waals surface area contributed by atoms with Gasteiger partial charge in [-0.25, -0.2) is 9.97 Å². The van der Waals surface area contributed by atoms with Crippen molar-refractivity contribution in [3.63, 3.8) is 0 Å². The zero-order valence-electron chi connectivity index (χ0n) is 24.2. The van der Waals surface area contributed by atoms with Crippen molar-refractivity contribution in [3.8, 4) is 23.2 Å². The third-order valence-electron chi connectivity index (χ3n) is 8.43. The van der Waals surface area contributed by atoms with E-state index in [2.05, 4.69) is 42.0 Å². The first-order valence-corrected chi connectivity index (χ1v) is 15.6. The molecular formula is C34H51N3O. The molecule has 3 rings (SSSR count). The fourth-order valence-electron chi connectivity index (χ4n) is 5.71. The lowest BCUT2D eigenvalue weighted by atomic mass is 9.69. The van der Waals surface area contributed by atoms with E-state index >= 15 is 0 Å². The highest BCUT2D eigenvalue weighted by Crippen LogP contribution is 2.42.